The molecule has 0 fully saturated rings. The largest absolute Gasteiger partial charge is 0.361 e. The van der Waals surface area contributed by atoms with Gasteiger partial charge >= 0.3 is 0 Å². The van der Waals surface area contributed by atoms with Crippen molar-refractivity contribution in [3.8, 4) is 0 Å². The Hall–Kier alpha value is -0.840. The van der Waals surface area contributed by atoms with E-state index in [1.165, 1.54) is 0 Å². The Morgan fingerprint density at radius 1 is 1.41 bits per heavy atom. The van der Waals surface area contributed by atoms with E-state index in [1.54, 1.807) is 4.90 Å². The maximum absolute atomic E-state index is 11.8. The van der Waals surface area contributed by atoms with Gasteiger partial charge in [-0.1, -0.05) is 21.1 Å². The maximum atomic E-state index is 11.8. The average molecular weight is 303 g/mol. The normalized spacial score (nSPS) is 10.6. The average Bonchev–Trinajstić information content (AvgIpc) is 2.61. The topological polar surface area (TPSA) is 46.3 Å². The molecule has 17 heavy (non-hydrogen) atoms. The highest BCUT2D eigenvalue weighted by Crippen LogP contribution is 2.15. The lowest BCUT2D eigenvalue weighted by Crippen LogP contribution is -2.26. The Labute approximate surface area is 110 Å². The summed E-state index contributed by atoms with van der Waals surface area (Å²) >= 11 is 3.36. The number of hydrogen-bond donors (Lipinski definition) is 0. The first-order chi connectivity index (χ1) is 8.06. The van der Waals surface area contributed by atoms with Gasteiger partial charge in [-0.25, -0.2) is 0 Å². The van der Waals surface area contributed by atoms with Crippen LogP contribution in [-0.4, -0.2) is 28.3 Å². The molecule has 0 aliphatic heterocycles. The molecule has 1 rings (SSSR count). The molecule has 0 atom stereocenters. The molecule has 0 spiro atoms. The summed E-state index contributed by atoms with van der Waals surface area (Å²) < 4.78 is 5.08. The van der Waals surface area contributed by atoms with Gasteiger partial charge in [0, 0.05) is 24.4 Å². The molecule has 1 amide bonds. The third kappa shape index (κ3) is 4.15. The zero-order chi connectivity index (χ0) is 12.8. The van der Waals surface area contributed by atoms with Crippen molar-refractivity contribution in [3.63, 3.8) is 0 Å². The van der Waals surface area contributed by atoms with E-state index in [9.17, 15) is 4.79 Å². The van der Waals surface area contributed by atoms with Gasteiger partial charge in [-0.05, 0) is 26.7 Å². The third-order valence-electron chi connectivity index (χ3n) is 2.78. The van der Waals surface area contributed by atoms with Crippen molar-refractivity contribution < 1.29 is 9.32 Å². The highest BCUT2D eigenvalue weighted by molar-refractivity contribution is 9.09. The number of nitrogens with zero attached hydrogens (tertiary/aromatic N) is 2. The molecule has 0 saturated heterocycles. The molecule has 0 N–H and O–H groups in total. The predicted octanol–water partition coefficient (Wildman–Crippen LogP) is 2.82. The molecular weight excluding hydrogens is 284 g/mol. The molecule has 0 aliphatic rings. The number of rotatable bonds is 6. The van der Waals surface area contributed by atoms with Gasteiger partial charge in [-0.15, -0.1) is 0 Å². The van der Waals surface area contributed by atoms with Crippen molar-refractivity contribution in [1.82, 2.24) is 10.1 Å². The van der Waals surface area contributed by atoms with Gasteiger partial charge in [-0.3, -0.25) is 4.79 Å². The first kappa shape index (κ1) is 14.2. The van der Waals surface area contributed by atoms with Crippen LogP contribution in [0, 0.1) is 13.8 Å². The number of aryl methyl sites for hydroxylation is 2. The summed E-state index contributed by atoms with van der Waals surface area (Å²) in [7, 11) is 1.82. The van der Waals surface area contributed by atoms with Gasteiger partial charge in [0.2, 0.25) is 5.91 Å². The molecule has 0 aromatic carbocycles. The molecule has 1 aromatic heterocycles. The minimum Gasteiger partial charge on any atom is -0.361 e. The molecule has 0 radical (unpaired) electrons. The Kier molecular flexibility index (Phi) is 5.68. The zero-order valence-corrected chi connectivity index (χ0v) is 12.2. The lowest BCUT2D eigenvalue weighted by atomic mass is 10.2. The Morgan fingerprint density at radius 2 is 2.12 bits per heavy atom. The zero-order valence-electron chi connectivity index (χ0n) is 10.6. The second kappa shape index (κ2) is 6.79. The first-order valence-corrected chi connectivity index (χ1v) is 6.90. The Morgan fingerprint density at radius 3 is 2.65 bits per heavy atom. The van der Waals surface area contributed by atoms with Crippen molar-refractivity contribution in [1.29, 1.82) is 0 Å². The van der Waals surface area contributed by atoms with Crippen LogP contribution in [0.4, 0.5) is 0 Å². The smallest absolute Gasteiger partial charge is 0.222 e. The van der Waals surface area contributed by atoms with Crippen LogP contribution in [0.25, 0.3) is 0 Å². The van der Waals surface area contributed by atoms with Crippen molar-refractivity contribution >= 4 is 21.8 Å². The fraction of sp³-hybridized carbons (Fsp3) is 0.667. The number of hydrogen-bond acceptors (Lipinski definition) is 3. The second-order valence-corrected chi connectivity index (χ2v) is 4.99. The van der Waals surface area contributed by atoms with Crippen LogP contribution in [0.2, 0.25) is 0 Å². The summed E-state index contributed by atoms with van der Waals surface area (Å²) in [6.45, 7) is 4.35. The van der Waals surface area contributed by atoms with Gasteiger partial charge < -0.3 is 9.42 Å². The molecule has 96 valence electrons. The lowest BCUT2D eigenvalue weighted by molar-refractivity contribution is -0.130. The van der Waals surface area contributed by atoms with Crippen LogP contribution in [0.15, 0.2) is 4.52 Å². The van der Waals surface area contributed by atoms with Crippen LogP contribution in [0.3, 0.4) is 0 Å². The van der Waals surface area contributed by atoms with Crippen molar-refractivity contribution in [2.75, 3.05) is 12.4 Å². The number of alkyl halides is 1. The Balaban J connectivity index is 2.48. The molecule has 0 bridgehead atoms. The molecule has 0 saturated carbocycles. The summed E-state index contributed by atoms with van der Waals surface area (Å²) in [5.41, 5.74) is 1.88. The van der Waals surface area contributed by atoms with Crippen LogP contribution < -0.4 is 0 Å². The van der Waals surface area contributed by atoms with E-state index in [0.29, 0.717) is 13.0 Å². The third-order valence-corrected chi connectivity index (χ3v) is 3.34. The predicted molar refractivity (Wildman–Crippen MR) is 70.1 cm³/mol. The van der Waals surface area contributed by atoms with Crippen LogP contribution in [-0.2, 0) is 11.3 Å². The van der Waals surface area contributed by atoms with Gasteiger partial charge in [-0.2, -0.15) is 0 Å². The standard InChI is InChI=1S/C12H19BrN2O2/c1-9-11(10(2)17-14-9)8-15(3)12(16)6-4-5-7-13/h4-8H2,1-3H3. The Bertz CT molecular complexity index is 357. The van der Waals surface area contributed by atoms with Gasteiger partial charge in [0.25, 0.3) is 0 Å². The number of carbonyl (C=O) groups is 1. The molecule has 1 heterocycles. The van der Waals surface area contributed by atoms with Gasteiger partial charge in [0.05, 0.1) is 12.2 Å². The van der Waals surface area contributed by atoms with Gasteiger partial charge in [0.1, 0.15) is 5.76 Å². The number of unbranched alkanes of at least 4 members (excludes halogenated alkanes) is 1. The molecule has 0 aliphatic carbocycles. The molecule has 4 nitrogen and oxygen atoms in total. The van der Waals surface area contributed by atoms with Crippen LogP contribution in [0.1, 0.15) is 36.3 Å². The number of aromatic nitrogens is 1. The monoisotopic (exact) mass is 302 g/mol. The summed E-state index contributed by atoms with van der Waals surface area (Å²) in [4.78, 5) is 13.6. The summed E-state index contributed by atoms with van der Waals surface area (Å²) in [6.07, 6.45) is 2.56. The van der Waals surface area contributed by atoms with E-state index < -0.39 is 0 Å². The quantitative estimate of drug-likeness (QED) is 0.599. The molecule has 0 unspecified atom stereocenters. The van der Waals surface area contributed by atoms with Crippen molar-refractivity contribution in [3.05, 3.63) is 17.0 Å². The van der Waals surface area contributed by atoms with Crippen molar-refractivity contribution in [2.24, 2.45) is 0 Å². The highest BCUT2D eigenvalue weighted by atomic mass is 79.9. The van der Waals surface area contributed by atoms with E-state index in [0.717, 1.165) is 35.2 Å². The van der Waals surface area contributed by atoms with Crippen LogP contribution in [0.5, 0.6) is 0 Å². The van der Waals surface area contributed by atoms with E-state index in [4.69, 9.17) is 4.52 Å². The summed E-state index contributed by atoms with van der Waals surface area (Å²) in [5.74, 6) is 0.966. The van der Waals surface area contributed by atoms with E-state index in [2.05, 4.69) is 21.1 Å². The lowest BCUT2D eigenvalue weighted by Gasteiger charge is -2.16. The van der Waals surface area contributed by atoms with Gasteiger partial charge in [0.15, 0.2) is 0 Å². The number of amides is 1. The molecule has 5 heteroatoms. The minimum absolute atomic E-state index is 0.172. The number of halogens is 1. The van der Waals surface area contributed by atoms with E-state index >= 15 is 0 Å². The van der Waals surface area contributed by atoms with E-state index in [1.807, 2.05) is 20.9 Å². The molecule has 1 aromatic rings. The fourth-order valence-corrected chi connectivity index (χ4v) is 2.01. The number of carbonyl (C=O) groups excluding carboxylic acids is 1. The van der Waals surface area contributed by atoms with E-state index in [-0.39, 0.29) is 5.91 Å². The maximum Gasteiger partial charge on any atom is 0.222 e. The summed E-state index contributed by atoms with van der Waals surface area (Å²) in [6, 6.07) is 0. The fourth-order valence-electron chi connectivity index (χ4n) is 1.61. The molecular formula is C12H19BrN2O2. The highest BCUT2D eigenvalue weighted by Gasteiger charge is 2.14. The van der Waals surface area contributed by atoms with Crippen LogP contribution >= 0.6 is 15.9 Å². The first-order valence-electron chi connectivity index (χ1n) is 5.78. The van der Waals surface area contributed by atoms with Crippen molar-refractivity contribution in [2.45, 2.75) is 39.7 Å². The minimum atomic E-state index is 0.172. The second-order valence-electron chi connectivity index (χ2n) is 4.20. The SMILES string of the molecule is Cc1noc(C)c1CN(C)C(=O)CCCCBr. The summed E-state index contributed by atoms with van der Waals surface area (Å²) in [5, 5.41) is 4.84.